The van der Waals surface area contributed by atoms with Crippen LogP contribution in [-0.2, 0) is 17.7 Å². The number of aliphatic hydroxyl groups excluding tert-OH is 1. The Morgan fingerprint density at radius 1 is 0.870 bits per heavy atom. The fourth-order valence-electron chi connectivity index (χ4n) is 2.54. The molecular formula is C16H27NO6. The van der Waals surface area contributed by atoms with Gasteiger partial charge in [-0.05, 0) is 19.8 Å². The Bertz CT molecular complexity index is 471. The number of rotatable bonds is 10. The second-order valence-electron chi connectivity index (χ2n) is 4.87. The summed E-state index contributed by atoms with van der Waals surface area (Å²) in [7, 11) is 6.21. The van der Waals surface area contributed by atoms with E-state index in [0.717, 1.165) is 11.1 Å². The maximum Gasteiger partial charge on any atom is 0.207 e. The third-order valence-corrected chi connectivity index (χ3v) is 3.48. The van der Waals surface area contributed by atoms with Gasteiger partial charge in [0.15, 0.2) is 17.8 Å². The standard InChI is InChI=1S/C16H27NO6/c1-10(18)23-8-6-7-11-12(9-17)14(20-3)16(22-5)15(21-4)13(11)19-2/h10,18H,6-9,17H2,1-5H3. The highest BCUT2D eigenvalue weighted by Gasteiger charge is 2.26. The third-order valence-electron chi connectivity index (χ3n) is 3.48. The van der Waals surface area contributed by atoms with Gasteiger partial charge in [0, 0.05) is 17.7 Å². The van der Waals surface area contributed by atoms with Crippen molar-refractivity contribution in [2.45, 2.75) is 32.6 Å². The van der Waals surface area contributed by atoms with Crippen molar-refractivity contribution in [3.05, 3.63) is 11.1 Å². The third kappa shape index (κ3) is 4.40. The first-order chi connectivity index (χ1) is 11.0. The molecule has 0 aliphatic rings. The van der Waals surface area contributed by atoms with Crippen LogP contribution in [0.15, 0.2) is 0 Å². The molecule has 0 aliphatic heterocycles. The lowest BCUT2D eigenvalue weighted by Crippen LogP contribution is -2.12. The Labute approximate surface area is 137 Å². The monoisotopic (exact) mass is 329 g/mol. The molecule has 0 heterocycles. The number of methoxy groups -OCH3 is 4. The van der Waals surface area contributed by atoms with Gasteiger partial charge in [-0.15, -0.1) is 0 Å². The maximum atomic E-state index is 9.16. The molecule has 7 nitrogen and oxygen atoms in total. The number of aliphatic hydroxyl groups is 1. The predicted molar refractivity (Wildman–Crippen MR) is 86.5 cm³/mol. The molecule has 132 valence electrons. The first kappa shape index (κ1) is 19.3. The van der Waals surface area contributed by atoms with Crippen molar-refractivity contribution < 1.29 is 28.8 Å². The lowest BCUT2D eigenvalue weighted by atomic mass is 9.98. The molecule has 1 aromatic rings. The summed E-state index contributed by atoms with van der Waals surface area (Å²) in [5.74, 6) is 2.04. The van der Waals surface area contributed by atoms with E-state index in [1.807, 2.05) is 0 Å². The van der Waals surface area contributed by atoms with E-state index in [9.17, 15) is 0 Å². The highest BCUT2D eigenvalue weighted by atomic mass is 16.6. The zero-order valence-corrected chi connectivity index (χ0v) is 14.5. The SMILES string of the molecule is COc1c(CN)c(CCCOC(C)O)c(OC)c(OC)c1OC. The summed E-state index contributed by atoms with van der Waals surface area (Å²) in [5, 5.41) is 9.16. The van der Waals surface area contributed by atoms with Crippen molar-refractivity contribution in [3.63, 3.8) is 0 Å². The van der Waals surface area contributed by atoms with Crippen LogP contribution in [-0.4, -0.2) is 46.4 Å². The molecule has 3 N–H and O–H groups in total. The summed E-state index contributed by atoms with van der Waals surface area (Å²) >= 11 is 0. The molecule has 0 aliphatic carbocycles. The van der Waals surface area contributed by atoms with Crippen molar-refractivity contribution in [1.82, 2.24) is 0 Å². The van der Waals surface area contributed by atoms with Gasteiger partial charge in [-0.3, -0.25) is 0 Å². The van der Waals surface area contributed by atoms with Gasteiger partial charge in [-0.1, -0.05) is 0 Å². The van der Waals surface area contributed by atoms with E-state index < -0.39 is 6.29 Å². The van der Waals surface area contributed by atoms with E-state index in [1.54, 1.807) is 28.3 Å². The number of hydrogen-bond donors (Lipinski definition) is 2. The maximum absolute atomic E-state index is 9.16. The molecule has 0 bridgehead atoms. The highest BCUT2D eigenvalue weighted by molar-refractivity contribution is 5.67. The van der Waals surface area contributed by atoms with Crippen LogP contribution in [0.1, 0.15) is 24.5 Å². The number of hydrogen-bond acceptors (Lipinski definition) is 7. The molecule has 1 unspecified atom stereocenters. The number of benzene rings is 1. The van der Waals surface area contributed by atoms with Crippen molar-refractivity contribution in [2.75, 3.05) is 35.0 Å². The Kier molecular flexibility index (Phi) is 7.94. The lowest BCUT2D eigenvalue weighted by molar-refractivity contribution is -0.0855. The summed E-state index contributed by atoms with van der Waals surface area (Å²) in [5.41, 5.74) is 7.61. The minimum atomic E-state index is -0.786. The first-order valence-electron chi connectivity index (χ1n) is 7.42. The van der Waals surface area contributed by atoms with Gasteiger partial charge in [0.05, 0.1) is 35.0 Å². The number of ether oxygens (including phenoxy) is 5. The van der Waals surface area contributed by atoms with Gasteiger partial charge >= 0.3 is 0 Å². The van der Waals surface area contributed by atoms with Crippen molar-refractivity contribution in [1.29, 1.82) is 0 Å². The molecule has 0 saturated carbocycles. The molecule has 1 atom stereocenters. The van der Waals surface area contributed by atoms with Crippen LogP contribution in [0.25, 0.3) is 0 Å². The van der Waals surface area contributed by atoms with Gasteiger partial charge in [0.25, 0.3) is 0 Å². The minimum absolute atomic E-state index is 0.270. The van der Waals surface area contributed by atoms with E-state index in [-0.39, 0.29) is 6.54 Å². The highest BCUT2D eigenvalue weighted by Crippen LogP contribution is 2.49. The topological polar surface area (TPSA) is 92.4 Å². The summed E-state index contributed by atoms with van der Waals surface area (Å²) in [6.07, 6.45) is 0.539. The predicted octanol–water partition coefficient (Wildman–Crippen LogP) is 1.47. The number of nitrogens with two attached hydrogens (primary N) is 1. The summed E-state index contributed by atoms with van der Waals surface area (Å²) in [6, 6.07) is 0. The second-order valence-corrected chi connectivity index (χ2v) is 4.87. The molecular weight excluding hydrogens is 302 g/mol. The molecule has 0 fully saturated rings. The molecule has 1 rings (SSSR count). The van der Waals surface area contributed by atoms with Crippen molar-refractivity contribution in [2.24, 2.45) is 5.73 Å². The molecule has 0 saturated heterocycles. The van der Waals surface area contributed by atoms with Crippen LogP contribution < -0.4 is 24.7 Å². The van der Waals surface area contributed by atoms with E-state index >= 15 is 0 Å². The smallest absolute Gasteiger partial charge is 0.207 e. The van der Waals surface area contributed by atoms with Crippen molar-refractivity contribution >= 4 is 0 Å². The fourth-order valence-corrected chi connectivity index (χ4v) is 2.54. The van der Waals surface area contributed by atoms with Crippen LogP contribution in [0.3, 0.4) is 0 Å². The molecule has 0 spiro atoms. The quantitative estimate of drug-likeness (QED) is 0.496. The van der Waals surface area contributed by atoms with Crippen LogP contribution in [0.2, 0.25) is 0 Å². The summed E-state index contributed by atoms with van der Waals surface area (Å²) in [4.78, 5) is 0. The van der Waals surface area contributed by atoms with Crippen LogP contribution in [0.5, 0.6) is 23.0 Å². The fraction of sp³-hybridized carbons (Fsp3) is 0.625. The van der Waals surface area contributed by atoms with Crippen LogP contribution in [0, 0.1) is 0 Å². The van der Waals surface area contributed by atoms with E-state index in [1.165, 1.54) is 7.11 Å². The average molecular weight is 329 g/mol. The Hall–Kier alpha value is -1.70. The van der Waals surface area contributed by atoms with Gasteiger partial charge in [-0.2, -0.15) is 0 Å². The molecule has 23 heavy (non-hydrogen) atoms. The van der Waals surface area contributed by atoms with Gasteiger partial charge in [0.1, 0.15) is 0 Å². The average Bonchev–Trinajstić information content (AvgIpc) is 2.55. The van der Waals surface area contributed by atoms with Gasteiger partial charge < -0.3 is 34.5 Å². The normalized spacial score (nSPS) is 12.0. The zero-order chi connectivity index (χ0) is 17.4. The van der Waals surface area contributed by atoms with Gasteiger partial charge in [0.2, 0.25) is 11.5 Å². The Morgan fingerprint density at radius 3 is 1.74 bits per heavy atom. The Morgan fingerprint density at radius 2 is 1.35 bits per heavy atom. The minimum Gasteiger partial charge on any atom is -0.492 e. The summed E-state index contributed by atoms with van der Waals surface area (Å²) < 4.78 is 27.0. The van der Waals surface area contributed by atoms with Gasteiger partial charge in [-0.25, -0.2) is 0 Å². The van der Waals surface area contributed by atoms with Crippen molar-refractivity contribution in [3.8, 4) is 23.0 Å². The molecule has 0 amide bonds. The molecule has 0 radical (unpaired) electrons. The molecule has 0 aromatic heterocycles. The largest absolute Gasteiger partial charge is 0.492 e. The zero-order valence-electron chi connectivity index (χ0n) is 14.5. The van der Waals surface area contributed by atoms with E-state index in [4.69, 9.17) is 34.5 Å². The molecule has 1 aromatic carbocycles. The van der Waals surface area contributed by atoms with Crippen LogP contribution in [0.4, 0.5) is 0 Å². The summed E-state index contributed by atoms with van der Waals surface area (Å²) in [6.45, 7) is 2.26. The van der Waals surface area contributed by atoms with E-state index in [2.05, 4.69) is 0 Å². The first-order valence-corrected chi connectivity index (χ1v) is 7.42. The Balaban J connectivity index is 3.29. The second kappa shape index (κ2) is 9.44. The van der Waals surface area contributed by atoms with Crippen LogP contribution >= 0.6 is 0 Å². The lowest BCUT2D eigenvalue weighted by Gasteiger charge is -2.22. The van der Waals surface area contributed by atoms with E-state index in [0.29, 0.717) is 42.4 Å². The molecule has 7 heteroatoms.